The number of rotatable bonds is 3. The Bertz CT molecular complexity index is 405. The standard InChI is InChI=1S/C9H9F5N2O/c1-17-8-4(3-15)2-5(7(10)11)6(16-8)9(12,13)14/h2,7H,3,15H2,1H3. The molecule has 0 fully saturated rings. The third kappa shape index (κ3) is 2.82. The van der Waals surface area contributed by atoms with Crippen LogP contribution >= 0.6 is 0 Å². The summed E-state index contributed by atoms with van der Waals surface area (Å²) in [5.74, 6) is -0.399. The molecule has 2 N–H and O–H groups in total. The van der Waals surface area contributed by atoms with Crippen LogP contribution in [0.5, 0.6) is 5.88 Å². The molecule has 0 saturated carbocycles. The van der Waals surface area contributed by atoms with E-state index in [2.05, 4.69) is 9.72 Å². The Labute approximate surface area is 93.4 Å². The van der Waals surface area contributed by atoms with E-state index in [4.69, 9.17) is 5.73 Å². The fourth-order valence-corrected chi connectivity index (χ4v) is 1.27. The van der Waals surface area contributed by atoms with Crippen molar-refractivity contribution in [3.63, 3.8) is 0 Å². The monoisotopic (exact) mass is 256 g/mol. The number of ether oxygens (including phenoxy) is 1. The van der Waals surface area contributed by atoms with E-state index < -0.39 is 29.7 Å². The van der Waals surface area contributed by atoms with Gasteiger partial charge in [0.15, 0.2) is 5.69 Å². The third-order valence-corrected chi connectivity index (χ3v) is 2.01. The summed E-state index contributed by atoms with van der Waals surface area (Å²) in [5, 5.41) is 0. The van der Waals surface area contributed by atoms with Crippen molar-refractivity contribution in [2.75, 3.05) is 7.11 Å². The van der Waals surface area contributed by atoms with Crippen molar-refractivity contribution in [3.05, 3.63) is 22.9 Å². The molecule has 0 atom stereocenters. The minimum absolute atomic E-state index is 0.00389. The van der Waals surface area contributed by atoms with Crippen LogP contribution in [0.2, 0.25) is 0 Å². The first kappa shape index (κ1) is 13.6. The van der Waals surface area contributed by atoms with Gasteiger partial charge in [0.25, 0.3) is 6.43 Å². The van der Waals surface area contributed by atoms with Gasteiger partial charge in [-0.15, -0.1) is 0 Å². The molecule has 0 radical (unpaired) electrons. The number of hydrogen-bond acceptors (Lipinski definition) is 3. The van der Waals surface area contributed by atoms with E-state index in [1.807, 2.05) is 0 Å². The molecule has 8 heteroatoms. The number of halogens is 5. The van der Waals surface area contributed by atoms with Crippen LogP contribution in [0.4, 0.5) is 22.0 Å². The zero-order valence-corrected chi connectivity index (χ0v) is 8.68. The summed E-state index contributed by atoms with van der Waals surface area (Å²) in [5.41, 5.74) is 2.36. The van der Waals surface area contributed by atoms with E-state index in [1.54, 1.807) is 0 Å². The smallest absolute Gasteiger partial charge is 0.433 e. The van der Waals surface area contributed by atoms with Gasteiger partial charge < -0.3 is 10.5 Å². The van der Waals surface area contributed by atoms with Crippen LogP contribution in [0.25, 0.3) is 0 Å². The molecule has 0 bridgehead atoms. The topological polar surface area (TPSA) is 48.1 Å². The number of methoxy groups -OCH3 is 1. The lowest BCUT2D eigenvalue weighted by Gasteiger charge is -2.15. The Morgan fingerprint density at radius 1 is 1.41 bits per heavy atom. The molecule has 0 aliphatic rings. The highest BCUT2D eigenvalue weighted by molar-refractivity contribution is 5.36. The number of nitrogens with zero attached hydrogens (tertiary/aromatic N) is 1. The Kier molecular flexibility index (Phi) is 3.87. The van der Waals surface area contributed by atoms with Crippen molar-refractivity contribution < 1.29 is 26.7 Å². The van der Waals surface area contributed by atoms with Crippen molar-refractivity contribution in [2.24, 2.45) is 5.73 Å². The molecule has 0 saturated heterocycles. The lowest BCUT2D eigenvalue weighted by Crippen LogP contribution is -2.15. The van der Waals surface area contributed by atoms with Gasteiger partial charge in [-0.3, -0.25) is 0 Å². The van der Waals surface area contributed by atoms with Gasteiger partial charge >= 0.3 is 6.18 Å². The van der Waals surface area contributed by atoms with E-state index in [1.165, 1.54) is 0 Å². The van der Waals surface area contributed by atoms with E-state index >= 15 is 0 Å². The largest absolute Gasteiger partial charge is 0.481 e. The maximum absolute atomic E-state index is 12.5. The predicted octanol–water partition coefficient (Wildman–Crippen LogP) is 2.51. The SMILES string of the molecule is COc1nc(C(F)(F)F)c(C(F)F)cc1CN. The average Bonchev–Trinajstić information content (AvgIpc) is 2.25. The molecule has 17 heavy (non-hydrogen) atoms. The normalized spacial score (nSPS) is 12.0. The first-order chi connectivity index (χ1) is 7.81. The molecule has 0 aliphatic carbocycles. The second kappa shape index (κ2) is 4.82. The third-order valence-electron chi connectivity index (χ3n) is 2.01. The summed E-state index contributed by atoms with van der Waals surface area (Å²) in [6.45, 7) is -0.242. The molecule has 0 spiro atoms. The van der Waals surface area contributed by atoms with Gasteiger partial charge in [-0.05, 0) is 6.07 Å². The predicted molar refractivity (Wildman–Crippen MR) is 48.6 cm³/mol. The van der Waals surface area contributed by atoms with E-state index in [-0.39, 0.29) is 12.1 Å². The van der Waals surface area contributed by atoms with Gasteiger partial charge in [-0.1, -0.05) is 0 Å². The van der Waals surface area contributed by atoms with Gasteiger partial charge in [0.2, 0.25) is 5.88 Å². The highest BCUT2D eigenvalue weighted by Gasteiger charge is 2.38. The van der Waals surface area contributed by atoms with Crippen molar-refractivity contribution in [3.8, 4) is 5.88 Å². The van der Waals surface area contributed by atoms with Crippen molar-refractivity contribution in [1.82, 2.24) is 4.98 Å². The van der Waals surface area contributed by atoms with Gasteiger partial charge in [-0.25, -0.2) is 13.8 Å². The summed E-state index contributed by atoms with van der Waals surface area (Å²) in [4.78, 5) is 3.05. The Morgan fingerprint density at radius 2 is 2.00 bits per heavy atom. The minimum Gasteiger partial charge on any atom is -0.481 e. The first-order valence-corrected chi connectivity index (χ1v) is 4.44. The average molecular weight is 256 g/mol. The number of aromatic nitrogens is 1. The van der Waals surface area contributed by atoms with Crippen LogP contribution in [0.15, 0.2) is 6.07 Å². The van der Waals surface area contributed by atoms with E-state index in [9.17, 15) is 22.0 Å². The van der Waals surface area contributed by atoms with Gasteiger partial charge in [0.05, 0.1) is 7.11 Å². The minimum atomic E-state index is -4.97. The molecule has 0 amide bonds. The van der Waals surface area contributed by atoms with Crippen LogP contribution in [0.1, 0.15) is 23.2 Å². The molecule has 0 unspecified atom stereocenters. The summed E-state index contributed by atoms with van der Waals surface area (Å²) < 4.78 is 67.0. The molecular formula is C9H9F5N2O. The van der Waals surface area contributed by atoms with Crippen LogP contribution in [-0.2, 0) is 12.7 Å². The number of nitrogens with two attached hydrogens (primary N) is 1. The summed E-state index contributed by atoms with van der Waals surface area (Å²) >= 11 is 0. The second-order valence-corrected chi connectivity index (χ2v) is 3.10. The zero-order valence-electron chi connectivity index (χ0n) is 8.68. The molecule has 1 aromatic heterocycles. The fourth-order valence-electron chi connectivity index (χ4n) is 1.27. The van der Waals surface area contributed by atoms with Gasteiger partial charge in [0.1, 0.15) is 0 Å². The Hall–Kier alpha value is -1.44. The number of hydrogen-bond donors (Lipinski definition) is 1. The maximum Gasteiger partial charge on any atom is 0.433 e. The molecule has 1 heterocycles. The molecule has 0 aliphatic heterocycles. The van der Waals surface area contributed by atoms with Crippen LogP contribution in [0.3, 0.4) is 0 Å². The number of pyridine rings is 1. The maximum atomic E-state index is 12.5. The van der Waals surface area contributed by atoms with Gasteiger partial charge in [0, 0.05) is 17.7 Å². The van der Waals surface area contributed by atoms with Crippen molar-refractivity contribution in [1.29, 1.82) is 0 Å². The van der Waals surface area contributed by atoms with Crippen molar-refractivity contribution >= 4 is 0 Å². The quantitative estimate of drug-likeness (QED) is 0.845. The van der Waals surface area contributed by atoms with E-state index in [0.29, 0.717) is 6.07 Å². The number of alkyl halides is 5. The molecule has 1 aromatic rings. The lowest BCUT2D eigenvalue weighted by molar-refractivity contribution is -0.143. The fraction of sp³-hybridized carbons (Fsp3) is 0.444. The first-order valence-electron chi connectivity index (χ1n) is 4.44. The van der Waals surface area contributed by atoms with Gasteiger partial charge in [-0.2, -0.15) is 13.2 Å². The summed E-state index contributed by atoms with van der Waals surface area (Å²) in [6.07, 6.45) is -8.25. The van der Waals surface area contributed by atoms with Crippen molar-refractivity contribution in [2.45, 2.75) is 19.1 Å². The van der Waals surface area contributed by atoms with E-state index in [0.717, 1.165) is 7.11 Å². The second-order valence-electron chi connectivity index (χ2n) is 3.10. The van der Waals surface area contributed by atoms with Crippen LogP contribution < -0.4 is 10.5 Å². The molecular weight excluding hydrogens is 247 g/mol. The Balaban J connectivity index is 3.46. The molecule has 0 aromatic carbocycles. The summed E-state index contributed by atoms with van der Waals surface area (Å²) in [7, 11) is 1.09. The zero-order chi connectivity index (χ0) is 13.2. The molecule has 1 rings (SSSR count). The molecule has 3 nitrogen and oxygen atoms in total. The van der Waals surface area contributed by atoms with Crippen LogP contribution in [0, 0.1) is 0 Å². The lowest BCUT2D eigenvalue weighted by atomic mass is 10.1. The summed E-state index contributed by atoms with van der Waals surface area (Å²) in [6, 6.07) is 0.666. The highest BCUT2D eigenvalue weighted by atomic mass is 19.4. The Morgan fingerprint density at radius 3 is 2.35 bits per heavy atom. The van der Waals surface area contributed by atoms with Crippen LogP contribution in [-0.4, -0.2) is 12.1 Å². The molecule has 96 valence electrons. The highest BCUT2D eigenvalue weighted by Crippen LogP contribution is 2.37.